The SMILES string of the molecule is CCOc1ccc(NC(=O)c2cccc3ncccc23)cc1. The smallest absolute Gasteiger partial charge is 0.256 e. The highest BCUT2D eigenvalue weighted by atomic mass is 16.5. The maximum atomic E-state index is 12.5. The maximum absolute atomic E-state index is 12.5. The van der Waals surface area contributed by atoms with E-state index in [9.17, 15) is 4.79 Å². The number of rotatable bonds is 4. The Kier molecular flexibility index (Phi) is 4.01. The highest BCUT2D eigenvalue weighted by Gasteiger charge is 2.10. The first-order valence-corrected chi connectivity index (χ1v) is 7.16. The van der Waals surface area contributed by atoms with E-state index in [1.165, 1.54) is 0 Å². The molecule has 110 valence electrons. The molecule has 1 amide bonds. The van der Waals surface area contributed by atoms with E-state index in [1.807, 2.05) is 55.5 Å². The zero-order valence-electron chi connectivity index (χ0n) is 12.2. The minimum Gasteiger partial charge on any atom is -0.494 e. The Morgan fingerprint density at radius 2 is 1.91 bits per heavy atom. The molecule has 1 aromatic heterocycles. The molecule has 0 aliphatic rings. The van der Waals surface area contributed by atoms with Crippen molar-refractivity contribution in [3.8, 4) is 5.75 Å². The number of nitrogens with zero attached hydrogens (tertiary/aromatic N) is 1. The summed E-state index contributed by atoms with van der Waals surface area (Å²) in [6.45, 7) is 2.55. The summed E-state index contributed by atoms with van der Waals surface area (Å²) in [4.78, 5) is 16.7. The molecule has 0 aliphatic carbocycles. The quantitative estimate of drug-likeness (QED) is 0.793. The second kappa shape index (κ2) is 6.26. The Bertz CT molecular complexity index is 792. The maximum Gasteiger partial charge on any atom is 0.256 e. The van der Waals surface area contributed by atoms with Crippen LogP contribution in [0.4, 0.5) is 5.69 Å². The van der Waals surface area contributed by atoms with Gasteiger partial charge in [0, 0.05) is 22.8 Å². The van der Waals surface area contributed by atoms with Gasteiger partial charge >= 0.3 is 0 Å². The van der Waals surface area contributed by atoms with E-state index >= 15 is 0 Å². The van der Waals surface area contributed by atoms with Crippen LogP contribution in [0.2, 0.25) is 0 Å². The molecule has 1 N–H and O–H groups in total. The molecule has 0 spiro atoms. The molecule has 2 aromatic carbocycles. The third-order valence-corrected chi connectivity index (χ3v) is 3.31. The molecule has 4 heteroatoms. The van der Waals surface area contributed by atoms with Crippen LogP contribution in [0.5, 0.6) is 5.75 Å². The van der Waals surface area contributed by atoms with Crippen LogP contribution < -0.4 is 10.1 Å². The van der Waals surface area contributed by atoms with Crippen molar-refractivity contribution in [2.24, 2.45) is 0 Å². The molecule has 0 unspecified atom stereocenters. The summed E-state index contributed by atoms with van der Waals surface area (Å²) in [5, 5.41) is 3.74. The first-order chi connectivity index (χ1) is 10.8. The van der Waals surface area contributed by atoms with Crippen LogP contribution in [0.1, 0.15) is 17.3 Å². The van der Waals surface area contributed by atoms with Crippen LogP contribution in [-0.2, 0) is 0 Å². The fourth-order valence-corrected chi connectivity index (χ4v) is 2.30. The molecule has 0 atom stereocenters. The molecule has 22 heavy (non-hydrogen) atoms. The molecular weight excluding hydrogens is 276 g/mol. The Morgan fingerprint density at radius 3 is 2.68 bits per heavy atom. The van der Waals surface area contributed by atoms with E-state index in [4.69, 9.17) is 4.74 Å². The number of carbonyl (C=O) groups is 1. The number of aromatic nitrogens is 1. The van der Waals surface area contributed by atoms with Crippen molar-refractivity contribution in [3.63, 3.8) is 0 Å². The van der Waals surface area contributed by atoms with Crippen molar-refractivity contribution >= 4 is 22.5 Å². The second-order valence-electron chi connectivity index (χ2n) is 4.79. The molecule has 4 nitrogen and oxygen atoms in total. The molecule has 3 aromatic rings. The average Bonchev–Trinajstić information content (AvgIpc) is 2.56. The lowest BCUT2D eigenvalue weighted by atomic mass is 10.1. The predicted octanol–water partition coefficient (Wildman–Crippen LogP) is 3.89. The van der Waals surface area contributed by atoms with Gasteiger partial charge in [-0.1, -0.05) is 12.1 Å². The molecule has 0 aliphatic heterocycles. The average molecular weight is 292 g/mol. The van der Waals surface area contributed by atoms with E-state index in [0.29, 0.717) is 12.2 Å². The molecule has 0 bridgehead atoms. The van der Waals surface area contributed by atoms with Gasteiger partial charge in [-0.05, 0) is 49.4 Å². The number of amides is 1. The molecular formula is C18H16N2O2. The highest BCUT2D eigenvalue weighted by Crippen LogP contribution is 2.20. The van der Waals surface area contributed by atoms with Crippen molar-refractivity contribution < 1.29 is 9.53 Å². The number of benzene rings is 2. The zero-order valence-corrected chi connectivity index (χ0v) is 12.2. The van der Waals surface area contributed by atoms with Crippen molar-refractivity contribution in [2.75, 3.05) is 11.9 Å². The van der Waals surface area contributed by atoms with Gasteiger partial charge in [-0.15, -0.1) is 0 Å². The lowest BCUT2D eigenvalue weighted by Crippen LogP contribution is -2.12. The zero-order chi connectivity index (χ0) is 15.4. The Balaban J connectivity index is 1.84. The topological polar surface area (TPSA) is 51.2 Å². The van der Waals surface area contributed by atoms with Crippen LogP contribution in [0, 0.1) is 0 Å². The van der Waals surface area contributed by atoms with Crippen LogP contribution in [0.3, 0.4) is 0 Å². The number of pyridine rings is 1. The van der Waals surface area contributed by atoms with Gasteiger partial charge < -0.3 is 10.1 Å². The molecule has 0 saturated heterocycles. The number of hydrogen-bond donors (Lipinski definition) is 1. The Hall–Kier alpha value is -2.88. The number of anilines is 1. The summed E-state index contributed by atoms with van der Waals surface area (Å²) in [7, 11) is 0. The van der Waals surface area contributed by atoms with E-state index in [2.05, 4.69) is 10.3 Å². The summed E-state index contributed by atoms with van der Waals surface area (Å²) in [5.41, 5.74) is 2.15. The molecule has 1 heterocycles. The normalized spacial score (nSPS) is 10.4. The van der Waals surface area contributed by atoms with Gasteiger partial charge in [-0.3, -0.25) is 9.78 Å². The Morgan fingerprint density at radius 1 is 1.09 bits per heavy atom. The summed E-state index contributed by atoms with van der Waals surface area (Å²) in [5.74, 6) is 0.637. The van der Waals surface area contributed by atoms with Gasteiger partial charge in [-0.25, -0.2) is 0 Å². The third-order valence-electron chi connectivity index (χ3n) is 3.31. The summed E-state index contributed by atoms with van der Waals surface area (Å²) in [6.07, 6.45) is 1.72. The summed E-state index contributed by atoms with van der Waals surface area (Å²) >= 11 is 0. The van der Waals surface area contributed by atoms with Crippen molar-refractivity contribution in [1.29, 1.82) is 0 Å². The standard InChI is InChI=1S/C18H16N2O2/c1-2-22-14-10-8-13(9-11-14)20-18(21)16-5-3-7-17-15(16)6-4-12-19-17/h3-12H,2H2,1H3,(H,20,21). The number of ether oxygens (including phenoxy) is 1. The molecule has 0 fully saturated rings. The largest absolute Gasteiger partial charge is 0.494 e. The molecule has 3 rings (SSSR count). The van der Waals surface area contributed by atoms with Crippen LogP contribution in [-0.4, -0.2) is 17.5 Å². The van der Waals surface area contributed by atoms with Crippen LogP contribution >= 0.6 is 0 Å². The van der Waals surface area contributed by atoms with Crippen molar-refractivity contribution in [1.82, 2.24) is 4.98 Å². The highest BCUT2D eigenvalue weighted by molar-refractivity contribution is 6.12. The summed E-state index contributed by atoms with van der Waals surface area (Å²) < 4.78 is 5.39. The lowest BCUT2D eigenvalue weighted by molar-refractivity contribution is 0.102. The minimum atomic E-state index is -0.150. The first-order valence-electron chi connectivity index (χ1n) is 7.16. The van der Waals surface area contributed by atoms with E-state index in [1.54, 1.807) is 12.3 Å². The van der Waals surface area contributed by atoms with Gasteiger partial charge in [0.1, 0.15) is 5.75 Å². The first kappa shape index (κ1) is 14.1. The van der Waals surface area contributed by atoms with Crippen LogP contribution in [0.25, 0.3) is 10.9 Å². The number of carbonyl (C=O) groups excluding carboxylic acids is 1. The number of hydrogen-bond acceptors (Lipinski definition) is 3. The van der Waals surface area contributed by atoms with E-state index < -0.39 is 0 Å². The fraction of sp³-hybridized carbons (Fsp3) is 0.111. The molecule has 0 radical (unpaired) electrons. The van der Waals surface area contributed by atoms with Gasteiger partial charge in [0.25, 0.3) is 5.91 Å². The van der Waals surface area contributed by atoms with Crippen LogP contribution in [0.15, 0.2) is 60.8 Å². The summed E-state index contributed by atoms with van der Waals surface area (Å²) in [6, 6.07) is 16.6. The number of fused-ring (bicyclic) bond motifs is 1. The minimum absolute atomic E-state index is 0.150. The predicted molar refractivity (Wildman–Crippen MR) is 87.3 cm³/mol. The second-order valence-corrected chi connectivity index (χ2v) is 4.79. The van der Waals surface area contributed by atoms with Crippen molar-refractivity contribution in [3.05, 3.63) is 66.4 Å². The number of nitrogens with one attached hydrogen (secondary N) is 1. The lowest BCUT2D eigenvalue weighted by Gasteiger charge is -2.09. The Labute approximate surface area is 128 Å². The van der Waals surface area contributed by atoms with E-state index in [-0.39, 0.29) is 5.91 Å². The van der Waals surface area contributed by atoms with E-state index in [0.717, 1.165) is 22.3 Å². The van der Waals surface area contributed by atoms with Gasteiger partial charge in [0.2, 0.25) is 0 Å². The molecule has 0 saturated carbocycles. The monoisotopic (exact) mass is 292 g/mol. The van der Waals surface area contributed by atoms with Gasteiger partial charge in [0.15, 0.2) is 0 Å². The van der Waals surface area contributed by atoms with Gasteiger partial charge in [0.05, 0.1) is 12.1 Å². The third kappa shape index (κ3) is 2.91. The van der Waals surface area contributed by atoms with Crippen molar-refractivity contribution in [2.45, 2.75) is 6.92 Å². The fourth-order valence-electron chi connectivity index (χ4n) is 2.30. The van der Waals surface area contributed by atoms with Gasteiger partial charge in [-0.2, -0.15) is 0 Å².